The molecule has 19 nitrogen and oxygen atoms in total. The first-order valence-corrected chi connectivity index (χ1v) is 29.3. The Balaban J connectivity index is 0.881. The van der Waals surface area contributed by atoms with Gasteiger partial charge in [0.1, 0.15) is 23.1 Å². The lowest BCUT2D eigenvalue weighted by molar-refractivity contribution is -0.145. The molecule has 0 saturated carbocycles. The number of amides is 8. The molecular weight excluding hydrogens is 1110 g/mol. The monoisotopic (exact) mass is 1160 g/mol. The fourth-order valence-electron chi connectivity index (χ4n) is 10.4. The van der Waals surface area contributed by atoms with Crippen LogP contribution in [0.4, 0.5) is 8.78 Å². The Kier molecular flexibility index (Phi) is 17.1. The quantitative estimate of drug-likeness (QED) is 0.0253. The summed E-state index contributed by atoms with van der Waals surface area (Å²) in [6, 6.07) is 12.0. The van der Waals surface area contributed by atoms with Gasteiger partial charge in [-0.25, -0.2) is 4.98 Å². The number of halogens is 3. The Morgan fingerprint density at radius 1 is 0.975 bits per heavy atom. The molecule has 3 fully saturated rings. The van der Waals surface area contributed by atoms with Gasteiger partial charge in [0.15, 0.2) is 0 Å². The third kappa shape index (κ3) is 12.6. The van der Waals surface area contributed by atoms with Gasteiger partial charge in [-0.3, -0.25) is 48.2 Å². The number of fused-ring (bicyclic) bond motifs is 3. The number of nitrogens with two attached hydrogens (primary N) is 1. The topological polar surface area (TPSA) is 279 Å². The van der Waals surface area contributed by atoms with Crippen LogP contribution >= 0.6 is 41.9 Å². The van der Waals surface area contributed by atoms with E-state index in [9.17, 15) is 61.5 Å². The van der Waals surface area contributed by atoms with Crippen molar-refractivity contribution in [2.24, 2.45) is 5.73 Å². The molecule has 3 saturated heterocycles. The van der Waals surface area contributed by atoms with Crippen molar-refractivity contribution < 1.29 is 61.5 Å². The van der Waals surface area contributed by atoms with Crippen LogP contribution < -0.4 is 21.7 Å². The maximum atomic E-state index is 15.0. The Morgan fingerprint density at radius 3 is 2.51 bits per heavy atom. The van der Waals surface area contributed by atoms with Crippen LogP contribution in [0, 0.1) is 11.8 Å². The van der Waals surface area contributed by atoms with Crippen molar-refractivity contribution in [3.63, 3.8) is 0 Å². The maximum Gasteiger partial charge on any atom is 0.399 e. The maximum absolute atomic E-state index is 15.0. The zero-order chi connectivity index (χ0) is 56.3. The van der Waals surface area contributed by atoms with Gasteiger partial charge in [-0.1, -0.05) is 54.1 Å². The van der Waals surface area contributed by atoms with Crippen LogP contribution in [-0.4, -0.2) is 114 Å². The predicted molar refractivity (Wildman–Crippen MR) is 288 cm³/mol. The van der Waals surface area contributed by atoms with Gasteiger partial charge < -0.3 is 40.9 Å². The third-order valence-electron chi connectivity index (χ3n) is 14.6. The number of carbonyl (C=O) groups is 8. The van der Waals surface area contributed by atoms with E-state index in [1.807, 2.05) is 11.4 Å². The highest BCUT2D eigenvalue weighted by molar-refractivity contribution is 7.52. The number of benzene rings is 3. The molecule has 25 heteroatoms. The molecule has 4 aliphatic heterocycles. The molecule has 6 heterocycles. The molecule has 0 spiro atoms. The van der Waals surface area contributed by atoms with Crippen LogP contribution in [0.25, 0.3) is 21.3 Å². The van der Waals surface area contributed by atoms with Gasteiger partial charge in [-0.05, 0) is 98.4 Å². The van der Waals surface area contributed by atoms with E-state index in [0.717, 1.165) is 29.0 Å². The molecule has 8 amide bonds. The molecule has 414 valence electrons. The molecule has 9 rings (SSSR count). The zero-order valence-electron chi connectivity index (χ0n) is 42.3. The van der Waals surface area contributed by atoms with Gasteiger partial charge in [-0.2, -0.15) is 8.78 Å². The summed E-state index contributed by atoms with van der Waals surface area (Å²) in [5, 5.41) is 11.0. The van der Waals surface area contributed by atoms with E-state index in [4.69, 9.17) is 22.3 Å². The van der Waals surface area contributed by atoms with Crippen molar-refractivity contribution in [3.8, 4) is 23.1 Å². The van der Waals surface area contributed by atoms with Gasteiger partial charge in [0, 0.05) is 88.7 Å². The molecule has 5 aromatic rings. The highest BCUT2D eigenvalue weighted by Crippen LogP contribution is 2.59. The Labute approximate surface area is 464 Å². The molecule has 79 heavy (non-hydrogen) atoms. The molecular formula is C54H54ClF2N8O11PS2. The van der Waals surface area contributed by atoms with E-state index in [1.54, 1.807) is 36.4 Å². The fraction of sp³-hybridized carbons (Fsp3) is 0.389. The average Bonchev–Trinajstić information content (AvgIpc) is 4.41. The van der Waals surface area contributed by atoms with Crippen LogP contribution in [0.3, 0.4) is 0 Å². The van der Waals surface area contributed by atoms with Crippen LogP contribution in [0.5, 0.6) is 0 Å². The standard InChI is InChI=1S/C54H54ClF2N8O11PS2/c55-34-14-11-31(12-15-34)40-29-78-51(61-40)38(17-21-45(58)66)59-49(70)42-18-16-35-23-24-63(28-39(53(73)65(35)42)60-50(71)44-26-32-25-33(13-20-43(32)79-44)54(56,57)77(74,75)76)47(68)10-5-3-1-2-4-7-30-8-6-9-36-37(30)27-64(52(36)72)41-19-22-46(67)62-48(41)69/h6,8-9,11-15,20,25-26,29,35,38-39,41-42H,1-3,5,10,16-19,21-24,27-28H2,(H2,58,66)(H,59,70)(H,60,71)(H,62,67,69)(H2,74,75,76)/t35-,38+,39+,41?,42+/m1/s1. The minimum absolute atomic E-state index is 0.0206. The van der Waals surface area contributed by atoms with Gasteiger partial charge in [0.2, 0.25) is 35.4 Å². The number of carbonyl (C=O) groups excluding carboxylic acids is 8. The van der Waals surface area contributed by atoms with Crippen LogP contribution in [-0.2, 0) is 45.5 Å². The lowest BCUT2D eigenvalue weighted by atomic mass is 10.0. The summed E-state index contributed by atoms with van der Waals surface area (Å²) in [4.78, 5) is 135. The summed E-state index contributed by atoms with van der Waals surface area (Å²) < 4.78 is 41.4. The van der Waals surface area contributed by atoms with E-state index in [2.05, 4.69) is 27.8 Å². The van der Waals surface area contributed by atoms with Gasteiger partial charge in [0.05, 0.1) is 16.6 Å². The van der Waals surface area contributed by atoms with Crippen molar-refractivity contribution in [2.75, 3.05) is 13.1 Å². The first-order valence-electron chi connectivity index (χ1n) is 25.6. The highest BCUT2D eigenvalue weighted by atomic mass is 35.5. The van der Waals surface area contributed by atoms with Crippen LogP contribution in [0.2, 0.25) is 5.02 Å². The highest BCUT2D eigenvalue weighted by Gasteiger charge is 2.51. The smallest absolute Gasteiger partial charge is 0.370 e. The number of nitrogens with zero attached hydrogens (tertiary/aromatic N) is 4. The Bertz CT molecular complexity index is 3380. The van der Waals surface area contributed by atoms with Crippen molar-refractivity contribution in [1.82, 2.24) is 35.6 Å². The number of thiophene rings is 1. The number of primary amides is 1. The summed E-state index contributed by atoms with van der Waals surface area (Å²) in [5.74, 6) is 2.33. The molecule has 1 unspecified atom stereocenters. The number of alkyl halides is 2. The first-order chi connectivity index (χ1) is 37.7. The SMILES string of the molecule is NC(=O)CC[C@H](NC(=O)[C@@H]1CC[C@@H]2CCN(C(=O)CCCCCC#Cc3cccc4c3CN(C3CCC(=O)NC3=O)C4=O)C[C@H](NC(=O)c3cc4cc(C(F)(F)P(=O)(O)O)ccc4s3)C(=O)N21)c1nc(-c2ccc(Cl)cc2)cs1. The normalized spacial score (nSPS) is 19.9. The number of piperidine rings is 1. The number of aromatic nitrogens is 1. The first kappa shape index (κ1) is 56.8. The molecule has 4 aliphatic rings. The summed E-state index contributed by atoms with van der Waals surface area (Å²) in [6.45, 7) is 0.0994. The molecule has 0 aliphatic carbocycles. The molecule has 0 radical (unpaired) electrons. The van der Waals surface area contributed by atoms with E-state index < -0.39 is 78.6 Å². The van der Waals surface area contributed by atoms with Crippen molar-refractivity contribution in [2.45, 2.75) is 119 Å². The summed E-state index contributed by atoms with van der Waals surface area (Å²) >= 11 is 8.26. The van der Waals surface area contributed by atoms with Crippen LogP contribution in [0.1, 0.15) is 125 Å². The lowest BCUT2D eigenvalue weighted by Crippen LogP contribution is -2.61. The summed E-state index contributed by atoms with van der Waals surface area (Å²) in [7, 11) is -5.90. The van der Waals surface area contributed by atoms with Crippen molar-refractivity contribution >= 4 is 99.2 Å². The number of rotatable bonds is 17. The Hall–Kier alpha value is -6.93. The number of imide groups is 1. The number of hydrogen-bond donors (Lipinski definition) is 6. The predicted octanol–water partition coefficient (Wildman–Crippen LogP) is 6.48. The largest absolute Gasteiger partial charge is 0.399 e. The summed E-state index contributed by atoms with van der Waals surface area (Å²) in [6.07, 6.45) is 3.66. The molecule has 0 bridgehead atoms. The van der Waals surface area contributed by atoms with Gasteiger partial charge in [-0.15, -0.1) is 22.7 Å². The van der Waals surface area contributed by atoms with E-state index in [-0.39, 0.29) is 86.1 Å². The average molecular weight is 1160 g/mol. The fourth-order valence-corrected chi connectivity index (χ4v) is 12.9. The summed E-state index contributed by atoms with van der Waals surface area (Å²) in [5.41, 5.74) is 3.30. The molecule has 3 aromatic carbocycles. The number of unbranched alkanes of at least 4 members (excludes halogenated alkanes) is 3. The van der Waals surface area contributed by atoms with Crippen molar-refractivity contribution in [3.05, 3.63) is 109 Å². The lowest BCUT2D eigenvalue weighted by Gasteiger charge is -2.39. The molecule has 7 N–H and O–H groups in total. The molecule has 2 aromatic heterocycles. The Morgan fingerprint density at radius 2 is 1.76 bits per heavy atom. The van der Waals surface area contributed by atoms with E-state index in [1.165, 1.54) is 38.2 Å². The van der Waals surface area contributed by atoms with Gasteiger partial charge in [0.25, 0.3) is 11.8 Å². The second-order valence-electron chi connectivity index (χ2n) is 19.8. The second kappa shape index (κ2) is 23.8. The van der Waals surface area contributed by atoms with Gasteiger partial charge >= 0.3 is 13.3 Å². The van der Waals surface area contributed by atoms with Crippen LogP contribution in [0.15, 0.2) is 72.1 Å². The third-order valence-corrected chi connectivity index (χ3v) is 17.9. The number of hydrogen-bond acceptors (Lipinski definition) is 12. The minimum atomic E-state index is -5.90. The number of thiazole rings is 1. The van der Waals surface area contributed by atoms with E-state index in [0.29, 0.717) is 75.6 Å². The minimum Gasteiger partial charge on any atom is -0.370 e. The number of nitrogens with one attached hydrogen (secondary N) is 3. The zero-order valence-corrected chi connectivity index (χ0v) is 45.5. The molecule has 5 atom stereocenters. The van der Waals surface area contributed by atoms with E-state index >= 15 is 0 Å². The van der Waals surface area contributed by atoms with Crippen molar-refractivity contribution in [1.29, 1.82) is 0 Å². The second-order valence-corrected chi connectivity index (χ2v) is 23.9.